The van der Waals surface area contributed by atoms with Gasteiger partial charge in [-0.3, -0.25) is 0 Å². The van der Waals surface area contributed by atoms with Gasteiger partial charge in [0.05, 0.1) is 6.10 Å². The van der Waals surface area contributed by atoms with E-state index in [9.17, 15) is 0 Å². The van der Waals surface area contributed by atoms with E-state index in [4.69, 9.17) is 16.3 Å². The lowest BCUT2D eigenvalue weighted by Gasteiger charge is -2.34. The molecule has 2 nitrogen and oxygen atoms in total. The van der Waals surface area contributed by atoms with E-state index < -0.39 is 0 Å². The number of alkyl halides is 1. The zero-order valence-electron chi connectivity index (χ0n) is 9.96. The van der Waals surface area contributed by atoms with Crippen LogP contribution in [-0.4, -0.2) is 26.3 Å². The van der Waals surface area contributed by atoms with Crippen molar-refractivity contribution in [3.63, 3.8) is 0 Å². The summed E-state index contributed by atoms with van der Waals surface area (Å²) in [6.45, 7) is 2.11. The Morgan fingerprint density at radius 3 is 2.71 bits per heavy atom. The first-order chi connectivity index (χ1) is 8.24. The van der Waals surface area contributed by atoms with Crippen molar-refractivity contribution in [1.82, 2.24) is 0 Å². The number of rotatable bonds is 3. The topological polar surface area (TPSA) is 12.5 Å². The highest BCUT2D eigenvalue weighted by atomic mass is 79.9. The van der Waals surface area contributed by atoms with Crippen LogP contribution < -0.4 is 4.90 Å². The molecule has 0 bridgehead atoms. The number of nitrogens with zero attached hydrogens (tertiary/aromatic N) is 1. The van der Waals surface area contributed by atoms with Crippen molar-refractivity contribution >= 4 is 33.2 Å². The lowest BCUT2D eigenvalue weighted by molar-refractivity contribution is 0.0819. The Bertz CT molecular complexity index is 378. The molecular formula is C13H17BrClNO. The van der Waals surface area contributed by atoms with Gasteiger partial charge in [0.25, 0.3) is 0 Å². The van der Waals surface area contributed by atoms with Crippen LogP contribution in [0.2, 0.25) is 5.02 Å². The van der Waals surface area contributed by atoms with E-state index in [0.29, 0.717) is 6.10 Å². The number of hydrogen-bond donors (Lipinski definition) is 0. The van der Waals surface area contributed by atoms with Crippen molar-refractivity contribution in [3.8, 4) is 0 Å². The molecular weight excluding hydrogens is 302 g/mol. The Morgan fingerprint density at radius 2 is 2.12 bits per heavy atom. The van der Waals surface area contributed by atoms with E-state index in [-0.39, 0.29) is 0 Å². The van der Waals surface area contributed by atoms with Crippen molar-refractivity contribution in [3.05, 3.63) is 28.8 Å². The molecule has 4 heteroatoms. The highest BCUT2D eigenvalue weighted by molar-refractivity contribution is 9.08. The Kier molecular flexibility index (Phi) is 4.71. The number of anilines is 1. The number of halogens is 2. The first kappa shape index (κ1) is 13.2. The molecule has 94 valence electrons. The third-order valence-electron chi connectivity index (χ3n) is 3.30. The van der Waals surface area contributed by atoms with Crippen molar-refractivity contribution in [2.24, 2.45) is 0 Å². The average Bonchev–Trinajstić information content (AvgIpc) is 2.39. The molecule has 0 radical (unpaired) electrons. The smallest absolute Gasteiger partial charge is 0.0605 e. The summed E-state index contributed by atoms with van der Waals surface area (Å²) >= 11 is 9.55. The molecule has 1 aromatic carbocycles. The van der Waals surface area contributed by atoms with Gasteiger partial charge in [0, 0.05) is 36.2 Å². The van der Waals surface area contributed by atoms with Gasteiger partial charge in [-0.2, -0.15) is 0 Å². The van der Waals surface area contributed by atoms with Gasteiger partial charge >= 0.3 is 0 Å². The van der Waals surface area contributed by atoms with Crippen molar-refractivity contribution in [2.75, 3.05) is 25.1 Å². The van der Waals surface area contributed by atoms with E-state index in [0.717, 1.165) is 36.3 Å². The fourth-order valence-electron chi connectivity index (χ4n) is 2.30. The minimum atomic E-state index is 0.422. The van der Waals surface area contributed by atoms with Crippen LogP contribution in [0.25, 0.3) is 0 Å². The largest absolute Gasteiger partial charge is 0.381 e. The van der Waals surface area contributed by atoms with Gasteiger partial charge in [-0.05, 0) is 36.6 Å². The summed E-state index contributed by atoms with van der Waals surface area (Å²) in [4.78, 5) is 2.42. The predicted molar refractivity (Wildman–Crippen MR) is 76.3 cm³/mol. The van der Waals surface area contributed by atoms with E-state index in [1.165, 1.54) is 11.3 Å². The van der Waals surface area contributed by atoms with Gasteiger partial charge in [-0.1, -0.05) is 27.5 Å². The zero-order chi connectivity index (χ0) is 12.3. The van der Waals surface area contributed by atoms with Gasteiger partial charge in [0.2, 0.25) is 0 Å². The third kappa shape index (κ3) is 3.15. The minimum Gasteiger partial charge on any atom is -0.381 e. The number of piperidine rings is 1. The van der Waals surface area contributed by atoms with Gasteiger partial charge in [0.1, 0.15) is 0 Å². The van der Waals surface area contributed by atoms with Crippen LogP contribution in [0.4, 0.5) is 5.69 Å². The molecule has 1 aliphatic rings. The molecule has 1 aliphatic heterocycles. The maximum atomic E-state index is 6.02. The number of ether oxygens (including phenoxy) is 1. The Hall–Kier alpha value is -0.250. The van der Waals surface area contributed by atoms with Crippen molar-refractivity contribution < 1.29 is 4.74 Å². The molecule has 0 saturated carbocycles. The minimum absolute atomic E-state index is 0.422. The molecule has 1 heterocycles. The summed E-state index contributed by atoms with van der Waals surface area (Å²) in [6, 6.07) is 6.12. The third-order valence-corrected chi connectivity index (χ3v) is 4.14. The second-order valence-corrected chi connectivity index (χ2v) is 5.33. The normalized spacial score (nSPS) is 17.5. The maximum Gasteiger partial charge on any atom is 0.0605 e. The second-order valence-electron chi connectivity index (χ2n) is 4.33. The molecule has 0 aliphatic carbocycles. The highest BCUT2D eigenvalue weighted by Crippen LogP contribution is 2.28. The molecule has 0 atom stereocenters. The average molecular weight is 319 g/mol. The molecule has 0 amide bonds. The number of methoxy groups -OCH3 is 1. The molecule has 2 rings (SSSR count). The summed E-state index contributed by atoms with van der Waals surface area (Å²) in [5.41, 5.74) is 2.55. The first-order valence-electron chi connectivity index (χ1n) is 5.86. The molecule has 1 saturated heterocycles. The Labute approximate surface area is 116 Å². The first-order valence-corrected chi connectivity index (χ1v) is 7.36. The molecule has 17 heavy (non-hydrogen) atoms. The second kappa shape index (κ2) is 6.07. The van der Waals surface area contributed by atoms with Gasteiger partial charge in [-0.15, -0.1) is 0 Å². The monoisotopic (exact) mass is 317 g/mol. The van der Waals surface area contributed by atoms with Crippen LogP contribution in [0, 0.1) is 0 Å². The van der Waals surface area contributed by atoms with E-state index in [1.54, 1.807) is 7.11 Å². The number of benzene rings is 1. The molecule has 0 spiro atoms. The summed E-state index contributed by atoms with van der Waals surface area (Å²) in [5, 5.41) is 1.64. The number of hydrogen-bond acceptors (Lipinski definition) is 2. The summed E-state index contributed by atoms with van der Waals surface area (Å²) in [6.07, 6.45) is 2.62. The fourth-order valence-corrected chi connectivity index (χ4v) is 2.95. The SMILES string of the molecule is COC1CCN(c2ccc(Cl)cc2CBr)CC1. The highest BCUT2D eigenvalue weighted by Gasteiger charge is 2.20. The van der Waals surface area contributed by atoms with Gasteiger partial charge in [-0.25, -0.2) is 0 Å². The molecule has 0 N–H and O–H groups in total. The molecule has 0 aromatic heterocycles. The van der Waals surface area contributed by atoms with E-state index in [2.05, 4.69) is 26.9 Å². The summed E-state index contributed by atoms with van der Waals surface area (Å²) in [7, 11) is 1.80. The lowest BCUT2D eigenvalue weighted by Crippen LogP contribution is -2.37. The Morgan fingerprint density at radius 1 is 1.41 bits per heavy atom. The molecule has 0 unspecified atom stereocenters. The maximum absolute atomic E-state index is 6.02. The van der Waals surface area contributed by atoms with Crippen LogP contribution in [-0.2, 0) is 10.1 Å². The summed E-state index contributed by atoms with van der Waals surface area (Å²) < 4.78 is 5.39. The van der Waals surface area contributed by atoms with Gasteiger partial charge < -0.3 is 9.64 Å². The van der Waals surface area contributed by atoms with Crippen LogP contribution in [0.1, 0.15) is 18.4 Å². The van der Waals surface area contributed by atoms with E-state index >= 15 is 0 Å². The van der Waals surface area contributed by atoms with Crippen LogP contribution in [0.15, 0.2) is 18.2 Å². The fraction of sp³-hybridized carbons (Fsp3) is 0.538. The van der Waals surface area contributed by atoms with Gasteiger partial charge in [0.15, 0.2) is 0 Å². The lowest BCUT2D eigenvalue weighted by atomic mass is 10.1. The van der Waals surface area contributed by atoms with Crippen LogP contribution in [0.3, 0.4) is 0 Å². The van der Waals surface area contributed by atoms with Crippen molar-refractivity contribution in [1.29, 1.82) is 0 Å². The molecule has 1 aromatic rings. The molecule has 1 fully saturated rings. The van der Waals surface area contributed by atoms with Crippen LogP contribution in [0.5, 0.6) is 0 Å². The quantitative estimate of drug-likeness (QED) is 0.785. The van der Waals surface area contributed by atoms with Crippen LogP contribution >= 0.6 is 27.5 Å². The predicted octanol–water partition coefficient (Wildman–Crippen LogP) is 3.85. The van der Waals surface area contributed by atoms with E-state index in [1.807, 2.05) is 12.1 Å². The Balaban J connectivity index is 2.12. The standard InChI is InChI=1S/C13H17BrClNO/c1-17-12-4-6-16(7-5-12)13-3-2-11(15)8-10(13)9-14/h2-3,8,12H,4-7,9H2,1H3. The zero-order valence-corrected chi connectivity index (χ0v) is 12.3. The van der Waals surface area contributed by atoms with Crippen molar-refractivity contribution in [2.45, 2.75) is 24.3 Å². The summed E-state index contributed by atoms with van der Waals surface area (Å²) in [5.74, 6) is 0.